The van der Waals surface area contributed by atoms with E-state index in [0.29, 0.717) is 0 Å². The molecule has 0 aromatic rings. The summed E-state index contributed by atoms with van der Waals surface area (Å²) in [5.74, 6) is 0.830. The van der Waals surface area contributed by atoms with Crippen molar-refractivity contribution in [3.63, 3.8) is 0 Å². The lowest BCUT2D eigenvalue weighted by atomic mass is 10.0. The predicted octanol–water partition coefficient (Wildman–Crippen LogP) is 15.9. The summed E-state index contributed by atoms with van der Waals surface area (Å²) >= 11 is 4.56. The lowest BCUT2D eigenvalue weighted by molar-refractivity contribution is -0.0996. The molecule has 0 saturated heterocycles. The normalized spacial score (nSPS) is 12.4. The molecule has 0 rings (SSSR count). The predicted molar refractivity (Wildman–Crippen MR) is 224 cm³/mol. The molecule has 1 unspecified atom stereocenters. The van der Waals surface area contributed by atoms with Crippen LogP contribution in [0.25, 0.3) is 0 Å². The summed E-state index contributed by atoms with van der Waals surface area (Å²) in [7, 11) is -1.34. The first-order valence-corrected chi connectivity index (χ1v) is 24.8. The number of hydrogen-bond acceptors (Lipinski definition) is 4. The van der Waals surface area contributed by atoms with Crippen LogP contribution in [0, 0.1) is 0 Å². The van der Waals surface area contributed by atoms with Gasteiger partial charge in [-0.25, -0.2) is 0 Å². The largest absolute Gasteiger partial charge is 0.393 e. The van der Waals surface area contributed by atoms with E-state index in [0.717, 1.165) is 44.3 Å². The third-order valence-corrected chi connectivity index (χ3v) is 12.5. The molecule has 0 aliphatic rings. The van der Waals surface area contributed by atoms with E-state index in [1.54, 1.807) is 0 Å². The lowest BCUT2D eigenvalue weighted by Gasteiger charge is -2.23. The minimum Gasteiger partial charge on any atom is -0.393 e. The van der Waals surface area contributed by atoms with Crippen molar-refractivity contribution in [2.45, 2.75) is 264 Å². The van der Waals surface area contributed by atoms with Crippen LogP contribution in [0.3, 0.4) is 0 Å². The Hall–Kier alpha value is 0.447. The van der Waals surface area contributed by atoms with Gasteiger partial charge in [-0.2, -0.15) is 12.6 Å². The van der Waals surface area contributed by atoms with Crippen molar-refractivity contribution in [3.05, 3.63) is 0 Å². The van der Waals surface area contributed by atoms with E-state index in [4.69, 9.17) is 13.6 Å². The zero-order chi connectivity index (χ0) is 35.6. The average Bonchev–Trinajstić information content (AvgIpc) is 3.11. The molecule has 49 heavy (non-hydrogen) atoms. The molecule has 1 atom stereocenters. The maximum atomic E-state index is 6.60. The summed E-state index contributed by atoms with van der Waals surface area (Å²) in [6, 6.07) is 0.933. The molecule has 0 bridgehead atoms. The van der Waals surface area contributed by atoms with Crippen molar-refractivity contribution in [2.24, 2.45) is 0 Å². The fourth-order valence-corrected chi connectivity index (χ4v) is 8.75. The van der Waals surface area contributed by atoms with Gasteiger partial charge >= 0.3 is 9.28 Å². The van der Waals surface area contributed by atoms with E-state index in [-0.39, 0.29) is 6.29 Å². The van der Waals surface area contributed by atoms with Crippen LogP contribution in [0.4, 0.5) is 0 Å². The van der Waals surface area contributed by atoms with E-state index < -0.39 is 9.28 Å². The number of ether oxygens (including phenoxy) is 1. The van der Waals surface area contributed by atoms with Crippen LogP contribution in [0.5, 0.6) is 0 Å². The number of unbranched alkanes of at least 4 members (excludes halogenated alkanes) is 32. The van der Waals surface area contributed by atoms with Gasteiger partial charge < -0.3 is 13.6 Å². The second kappa shape index (κ2) is 44.6. The van der Waals surface area contributed by atoms with Gasteiger partial charge in [0.1, 0.15) is 6.29 Å². The molecule has 295 valence electrons. The molecule has 3 nitrogen and oxygen atoms in total. The summed E-state index contributed by atoms with van der Waals surface area (Å²) in [5.41, 5.74) is 0. The van der Waals surface area contributed by atoms with Gasteiger partial charge in [-0.05, 0) is 31.4 Å². The Labute approximate surface area is 317 Å². The maximum absolute atomic E-state index is 6.60. The van der Waals surface area contributed by atoms with Gasteiger partial charge in [-0.1, -0.05) is 226 Å². The van der Waals surface area contributed by atoms with Gasteiger partial charge in [0.05, 0.1) is 0 Å². The van der Waals surface area contributed by atoms with Gasteiger partial charge in [-0.15, -0.1) is 0 Å². The Balaban J connectivity index is 4.23. The minimum atomic E-state index is -1.34. The Morgan fingerprint density at radius 3 is 1.04 bits per heavy atom. The number of hydrogen-bond donors (Lipinski definition) is 1. The monoisotopic (exact) mass is 728 g/mol. The van der Waals surface area contributed by atoms with Crippen LogP contribution >= 0.6 is 12.6 Å². The number of thiol groups is 1. The first-order valence-electron chi connectivity index (χ1n) is 22.7. The molecule has 0 aromatic carbocycles. The lowest BCUT2D eigenvalue weighted by Crippen LogP contribution is -2.32. The summed E-state index contributed by atoms with van der Waals surface area (Å²) in [5, 5.41) is 0. The number of rotatable bonds is 44. The van der Waals surface area contributed by atoms with Crippen molar-refractivity contribution in [3.8, 4) is 0 Å². The van der Waals surface area contributed by atoms with Gasteiger partial charge in [0.15, 0.2) is 0 Å². The summed E-state index contributed by atoms with van der Waals surface area (Å²) in [4.78, 5) is 0. The van der Waals surface area contributed by atoms with E-state index >= 15 is 0 Å². The summed E-state index contributed by atoms with van der Waals surface area (Å²) in [6.07, 6.45) is 49.0. The van der Waals surface area contributed by atoms with E-state index in [2.05, 4.69) is 33.4 Å². The Kier molecular flexibility index (Phi) is 45.0. The Bertz CT molecular complexity index is 554. The molecule has 0 spiro atoms. The Morgan fingerprint density at radius 1 is 0.388 bits per heavy atom. The third kappa shape index (κ3) is 41.1. The van der Waals surface area contributed by atoms with Crippen molar-refractivity contribution < 1.29 is 13.6 Å². The quantitative estimate of drug-likeness (QED) is 0.0293. The molecule has 5 heteroatoms. The minimum absolute atomic E-state index is 0.0951. The summed E-state index contributed by atoms with van der Waals surface area (Å²) < 4.78 is 19.4. The first kappa shape index (κ1) is 49.4. The van der Waals surface area contributed by atoms with Crippen LogP contribution in [-0.4, -0.2) is 34.5 Å². The zero-order valence-corrected chi connectivity index (χ0v) is 35.9. The molecule has 0 aliphatic carbocycles. The van der Waals surface area contributed by atoms with E-state index in [1.165, 1.54) is 212 Å². The van der Waals surface area contributed by atoms with Crippen molar-refractivity contribution in [1.82, 2.24) is 0 Å². The van der Waals surface area contributed by atoms with Crippen molar-refractivity contribution in [1.29, 1.82) is 0 Å². The first-order chi connectivity index (χ1) is 24.3. The molecule has 0 fully saturated rings. The fraction of sp³-hybridized carbons (Fsp3) is 1.00. The van der Waals surface area contributed by atoms with Gasteiger partial charge in [0, 0.05) is 19.3 Å². The average molecular weight is 728 g/mol. The smallest absolute Gasteiger partial charge is 0.387 e. The molecule has 0 N–H and O–H groups in total. The molecule has 0 heterocycles. The maximum Gasteiger partial charge on any atom is 0.387 e. The molecule has 0 aromatic heterocycles. The molecule has 1 radical (unpaired) electrons. The van der Waals surface area contributed by atoms with Crippen LogP contribution in [0.2, 0.25) is 6.04 Å². The van der Waals surface area contributed by atoms with Gasteiger partial charge in [0.2, 0.25) is 0 Å². The highest BCUT2D eigenvalue weighted by atomic mass is 32.1. The van der Waals surface area contributed by atoms with Gasteiger partial charge in [-0.3, -0.25) is 0 Å². The van der Waals surface area contributed by atoms with Crippen LogP contribution < -0.4 is 0 Å². The van der Waals surface area contributed by atoms with Crippen molar-refractivity contribution >= 4 is 21.9 Å². The highest BCUT2D eigenvalue weighted by molar-refractivity contribution is 7.80. The van der Waals surface area contributed by atoms with Crippen LogP contribution in [0.15, 0.2) is 0 Å². The fourth-order valence-electron chi connectivity index (χ4n) is 6.84. The second-order valence-electron chi connectivity index (χ2n) is 15.2. The highest BCUT2D eigenvalue weighted by Gasteiger charge is 2.21. The highest BCUT2D eigenvalue weighted by Crippen LogP contribution is 2.18. The SMILES string of the molecule is CCCCCCCCCCCCCCCCO[Si](CCS)OC(CCCCCCCCCCCCC)OCCCCCCCCCCCC. The third-order valence-electron chi connectivity index (χ3n) is 10.2. The molecule has 0 aliphatic heterocycles. The molecular formula is C44H91O3SSi. The summed E-state index contributed by atoms with van der Waals surface area (Å²) in [6.45, 7) is 8.56. The zero-order valence-electron chi connectivity index (χ0n) is 34.0. The molecular weight excluding hydrogens is 637 g/mol. The second-order valence-corrected chi connectivity index (χ2v) is 17.4. The van der Waals surface area contributed by atoms with E-state index in [1.807, 2.05) is 0 Å². The Morgan fingerprint density at radius 2 is 0.694 bits per heavy atom. The van der Waals surface area contributed by atoms with Crippen LogP contribution in [0.1, 0.15) is 252 Å². The molecule has 0 saturated carbocycles. The van der Waals surface area contributed by atoms with Crippen LogP contribution in [-0.2, 0) is 13.6 Å². The standard InChI is InChI=1S/C44H91O3SSi/c1-4-7-10-13-16-19-22-23-24-26-29-32-35-38-41-46-49(43-42-48)47-44(39-36-33-30-27-25-20-17-14-11-8-5-2)45-40-37-34-31-28-21-18-15-12-9-6-3/h44,48H,4-43H2,1-3H3. The van der Waals surface area contributed by atoms with E-state index in [9.17, 15) is 0 Å². The molecule has 0 amide bonds. The van der Waals surface area contributed by atoms with Crippen molar-refractivity contribution in [2.75, 3.05) is 19.0 Å². The topological polar surface area (TPSA) is 27.7 Å². The van der Waals surface area contributed by atoms with Gasteiger partial charge in [0.25, 0.3) is 0 Å².